The van der Waals surface area contributed by atoms with Crippen molar-refractivity contribution >= 4 is 5.91 Å². The molecule has 1 aliphatic heterocycles. The number of carbonyl (C=O) groups is 1. The van der Waals surface area contributed by atoms with Gasteiger partial charge in [0.2, 0.25) is 0 Å². The van der Waals surface area contributed by atoms with Crippen molar-refractivity contribution in [1.82, 2.24) is 19.6 Å². The first-order valence-electron chi connectivity index (χ1n) is 9.77. The highest BCUT2D eigenvalue weighted by Gasteiger charge is 2.29. The Morgan fingerprint density at radius 1 is 0.893 bits per heavy atom. The second kappa shape index (κ2) is 7.98. The molecule has 1 saturated heterocycles. The maximum Gasteiger partial charge on any atom is 0.274 e. The van der Waals surface area contributed by atoms with Gasteiger partial charge >= 0.3 is 0 Å². The van der Waals surface area contributed by atoms with E-state index in [2.05, 4.69) is 70.7 Å². The molecule has 0 spiro atoms. The molecule has 4 rings (SSSR count). The first kappa shape index (κ1) is 18.4. The molecule has 0 aliphatic carbocycles. The highest BCUT2D eigenvalue weighted by Crippen LogP contribution is 2.29. The van der Waals surface area contributed by atoms with Gasteiger partial charge in [-0.3, -0.25) is 14.4 Å². The molecule has 144 valence electrons. The number of amides is 1. The van der Waals surface area contributed by atoms with E-state index in [4.69, 9.17) is 0 Å². The summed E-state index contributed by atoms with van der Waals surface area (Å²) in [5.74, 6) is 0.0272. The average Bonchev–Trinajstić information content (AvgIpc) is 3.08. The van der Waals surface area contributed by atoms with Crippen LogP contribution in [0.3, 0.4) is 0 Å². The maximum absolute atomic E-state index is 12.8. The normalized spacial score (nSPS) is 15.2. The van der Waals surface area contributed by atoms with Gasteiger partial charge in [-0.15, -0.1) is 0 Å². The lowest BCUT2D eigenvalue weighted by atomic mass is 9.96. The van der Waals surface area contributed by atoms with Crippen LogP contribution in [-0.2, 0) is 7.05 Å². The highest BCUT2D eigenvalue weighted by molar-refractivity contribution is 5.92. The van der Waals surface area contributed by atoms with Gasteiger partial charge in [-0.1, -0.05) is 60.7 Å². The van der Waals surface area contributed by atoms with Crippen LogP contribution in [-0.4, -0.2) is 51.7 Å². The van der Waals surface area contributed by atoms with Crippen molar-refractivity contribution in [2.24, 2.45) is 7.05 Å². The van der Waals surface area contributed by atoms with Gasteiger partial charge in [0.05, 0.1) is 6.04 Å². The van der Waals surface area contributed by atoms with Crippen molar-refractivity contribution in [1.29, 1.82) is 0 Å². The topological polar surface area (TPSA) is 41.4 Å². The van der Waals surface area contributed by atoms with Crippen LogP contribution in [0, 0.1) is 6.92 Å². The van der Waals surface area contributed by atoms with Crippen molar-refractivity contribution in [2.45, 2.75) is 13.0 Å². The second-order valence-electron chi connectivity index (χ2n) is 7.35. The molecule has 0 radical (unpaired) electrons. The molecule has 0 N–H and O–H groups in total. The first-order valence-corrected chi connectivity index (χ1v) is 9.77. The SMILES string of the molecule is Cc1cc(C(=O)N2CCN(C(c3ccccc3)c3ccccc3)CC2)nn1C. The molecule has 1 fully saturated rings. The molecular formula is C23H26N4O. The van der Waals surface area contributed by atoms with Crippen molar-refractivity contribution in [3.63, 3.8) is 0 Å². The molecule has 28 heavy (non-hydrogen) atoms. The van der Waals surface area contributed by atoms with E-state index in [-0.39, 0.29) is 11.9 Å². The van der Waals surface area contributed by atoms with E-state index in [1.165, 1.54) is 11.1 Å². The van der Waals surface area contributed by atoms with Crippen molar-refractivity contribution in [2.75, 3.05) is 26.2 Å². The molecule has 5 heteroatoms. The lowest BCUT2D eigenvalue weighted by molar-refractivity contribution is 0.0591. The summed E-state index contributed by atoms with van der Waals surface area (Å²) in [6.07, 6.45) is 0. The molecular weight excluding hydrogens is 348 g/mol. The number of aromatic nitrogens is 2. The third-order valence-electron chi connectivity index (χ3n) is 5.53. The molecule has 3 aromatic rings. The number of piperazine rings is 1. The van der Waals surface area contributed by atoms with Gasteiger partial charge in [0, 0.05) is 38.9 Å². The zero-order valence-electron chi connectivity index (χ0n) is 16.5. The summed E-state index contributed by atoms with van der Waals surface area (Å²) in [5.41, 5.74) is 4.11. The minimum atomic E-state index is 0.0272. The van der Waals surface area contributed by atoms with Gasteiger partial charge < -0.3 is 4.90 Å². The highest BCUT2D eigenvalue weighted by atomic mass is 16.2. The van der Waals surface area contributed by atoms with Crippen LogP contribution < -0.4 is 0 Å². The quantitative estimate of drug-likeness (QED) is 0.704. The first-order chi connectivity index (χ1) is 13.6. The summed E-state index contributed by atoms with van der Waals surface area (Å²) in [6.45, 7) is 5.07. The summed E-state index contributed by atoms with van der Waals surface area (Å²) < 4.78 is 1.75. The Balaban J connectivity index is 1.51. The Morgan fingerprint density at radius 3 is 1.89 bits per heavy atom. The van der Waals surface area contributed by atoms with Crippen LogP contribution in [0.1, 0.15) is 33.4 Å². The van der Waals surface area contributed by atoms with E-state index in [9.17, 15) is 4.79 Å². The molecule has 0 bridgehead atoms. The predicted molar refractivity (Wildman–Crippen MR) is 110 cm³/mol. The van der Waals surface area contributed by atoms with Gasteiger partial charge in [-0.2, -0.15) is 5.10 Å². The summed E-state index contributed by atoms with van der Waals surface area (Å²) in [6, 6.07) is 23.3. The minimum absolute atomic E-state index is 0.0272. The van der Waals surface area contributed by atoms with Gasteiger partial charge in [-0.05, 0) is 24.1 Å². The zero-order chi connectivity index (χ0) is 19.5. The Bertz CT molecular complexity index is 869. The average molecular weight is 374 g/mol. The van der Waals surface area contributed by atoms with E-state index in [0.29, 0.717) is 18.8 Å². The number of hydrogen-bond donors (Lipinski definition) is 0. The third kappa shape index (κ3) is 3.71. The summed E-state index contributed by atoms with van der Waals surface area (Å²) in [4.78, 5) is 17.2. The maximum atomic E-state index is 12.8. The summed E-state index contributed by atoms with van der Waals surface area (Å²) in [7, 11) is 1.87. The van der Waals surface area contributed by atoms with Crippen molar-refractivity contribution in [3.05, 3.63) is 89.2 Å². The lowest BCUT2D eigenvalue weighted by Gasteiger charge is -2.39. The summed E-state index contributed by atoms with van der Waals surface area (Å²) in [5, 5.41) is 4.35. The Hall–Kier alpha value is -2.92. The number of nitrogens with zero attached hydrogens (tertiary/aromatic N) is 4. The van der Waals surface area contributed by atoms with Crippen LogP contribution in [0.2, 0.25) is 0 Å². The second-order valence-corrected chi connectivity index (χ2v) is 7.35. The monoisotopic (exact) mass is 374 g/mol. The Kier molecular flexibility index (Phi) is 5.26. The fourth-order valence-electron chi connectivity index (χ4n) is 3.90. The van der Waals surface area contributed by atoms with E-state index in [0.717, 1.165) is 18.8 Å². The van der Waals surface area contributed by atoms with Crippen LogP contribution in [0.4, 0.5) is 0 Å². The van der Waals surface area contributed by atoms with Gasteiger partial charge in [-0.25, -0.2) is 0 Å². The fourth-order valence-corrected chi connectivity index (χ4v) is 3.90. The third-order valence-corrected chi connectivity index (χ3v) is 5.53. The number of rotatable bonds is 4. The van der Waals surface area contributed by atoms with E-state index >= 15 is 0 Å². The zero-order valence-corrected chi connectivity index (χ0v) is 16.5. The Morgan fingerprint density at radius 2 is 1.43 bits per heavy atom. The van der Waals surface area contributed by atoms with Crippen molar-refractivity contribution in [3.8, 4) is 0 Å². The van der Waals surface area contributed by atoms with E-state index in [1.807, 2.05) is 24.9 Å². The fraction of sp³-hybridized carbons (Fsp3) is 0.304. The molecule has 0 saturated carbocycles. The number of hydrogen-bond acceptors (Lipinski definition) is 3. The van der Waals surface area contributed by atoms with Crippen LogP contribution in [0.5, 0.6) is 0 Å². The van der Waals surface area contributed by atoms with Gasteiger partial charge in [0.1, 0.15) is 0 Å². The Labute approximate surface area is 166 Å². The molecule has 0 unspecified atom stereocenters. The smallest absolute Gasteiger partial charge is 0.274 e. The molecule has 5 nitrogen and oxygen atoms in total. The minimum Gasteiger partial charge on any atom is -0.335 e. The lowest BCUT2D eigenvalue weighted by Crippen LogP contribution is -2.50. The van der Waals surface area contributed by atoms with Gasteiger partial charge in [0.15, 0.2) is 5.69 Å². The van der Waals surface area contributed by atoms with Gasteiger partial charge in [0.25, 0.3) is 5.91 Å². The molecule has 2 aromatic carbocycles. The van der Waals surface area contributed by atoms with E-state index < -0.39 is 0 Å². The molecule has 1 amide bonds. The predicted octanol–water partition coefficient (Wildman–Crippen LogP) is 3.28. The molecule has 2 heterocycles. The van der Waals surface area contributed by atoms with Crippen LogP contribution in [0.25, 0.3) is 0 Å². The molecule has 0 atom stereocenters. The number of aryl methyl sites for hydroxylation is 2. The standard InChI is InChI=1S/C23H26N4O/c1-18-17-21(24-25(18)2)23(28)27-15-13-26(14-16-27)22(19-9-5-3-6-10-19)20-11-7-4-8-12-20/h3-12,17,22H,13-16H2,1-2H3. The van der Waals surface area contributed by atoms with E-state index in [1.54, 1.807) is 4.68 Å². The van der Waals surface area contributed by atoms with Crippen molar-refractivity contribution < 1.29 is 4.79 Å². The largest absolute Gasteiger partial charge is 0.335 e. The number of carbonyl (C=O) groups excluding carboxylic acids is 1. The molecule has 1 aliphatic rings. The van der Waals surface area contributed by atoms with Crippen LogP contribution >= 0.6 is 0 Å². The number of benzene rings is 2. The van der Waals surface area contributed by atoms with Crippen LogP contribution in [0.15, 0.2) is 66.7 Å². The summed E-state index contributed by atoms with van der Waals surface area (Å²) >= 11 is 0. The molecule has 1 aromatic heterocycles.